The Morgan fingerprint density at radius 2 is 1.49 bits per heavy atom. The Balaban J connectivity index is 1.85. The second-order valence-electron chi connectivity index (χ2n) is 8.94. The lowest BCUT2D eigenvalue weighted by atomic mass is 10.0. The number of carbonyl (C=O) groups excluding carboxylic acids is 2. The average Bonchev–Trinajstić information content (AvgIpc) is 2.87. The lowest BCUT2D eigenvalue weighted by Gasteiger charge is -2.32. The molecule has 184 valence electrons. The molecule has 0 bridgehead atoms. The first kappa shape index (κ1) is 26.8. The van der Waals surface area contributed by atoms with Gasteiger partial charge in [-0.3, -0.25) is 9.59 Å². The van der Waals surface area contributed by atoms with E-state index in [4.69, 9.17) is 11.6 Å². The molecular formula is C29H33ClN2O2S. The molecule has 0 heterocycles. The fraction of sp³-hybridized carbons (Fsp3) is 0.310. The zero-order valence-electron chi connectivity index (χ0n) is 20.3. The Kier molecular flexibility index (Phi) is 10.7. The third kappa shape index (κ3) is 8.75. The van der Waals surface area contributed by atoms with Crippen LogP contribution in [0.2, 0.25) is 5.02 Å². The maximum Gasteiger partial charge on any atom is 0.243 e. The summed E-state index contributed by atoms with van der Waals surface area (Å²) >= 11 is 8.02. The summed E-state index contributed by atoms with van der Waals surface area (Å²) in [6.45, 7) is 4.94. The molecule has 0 saturated carbocycles. The van der Waals surface area contributed by atoms with Gasteiger partial charge in [0.1, 0.15) is 6.04 Å². The first-order valence-corrected chi connectivity index (χ1v) is 13.4. The number of benzene rings is 3. The average molecular weight is 509 g/mol. The molecule has 0 aliphatic rings. The highest BCUT2D eigenvalue weighted by Gasteiger charge is 2.30. The Labute approximate surface area is 218 Å². The molecule has 0 aliphatic carbocycles. The minimum absolute atomic E-state index is 0.0773. The number of nitrogens with one attached hydrogen (secondary N) is 1. The number of hydrogen-bond donors (Lipinski definition) is 1. The van der Waals surface area contributed by atoms with Gasteiger partial charge in [-0.2, -0.15) is 0 Å². The van der Waals surface area contributed by atoms with Crippen LogP contribution in [-0.4, -0.2) is 35.1 Å². The Bertz CT molecular complexity index is 1080. The maximum atomic E-state index is 13.6. The molecule has 3 rings (SSSR count). The van der Waals surface area contributed by atoms with E-state index in [0.717, 1.165) is 16.9 Å². The van der Waals surface area contributed by atoms with E-state index in [1.165, 1.54) is 5.56 Å². The van der Waals surface area contributed by atoms with Crippen molar-refractivity contribution in [2.24, 2.45) is 5.92 Å². The lowest BCUT2D eigenvalue weighted by Crippen LogP contribution is -2.51. The quantitative estimate of drug-likeness (QED) is 0.327. The SMILES string of the molecule is CC(C)CNC(=O)[C@@H](Cc1ccccc1)N(Cc1ccccc1Cl)C(=O)CSCc1ccccc1. The van der Waals surface area contributed by atoms with Gasteiger partial charge in [-0.25, -0.2) is 0 Å². The topological polar surface area (TPSA) is 49.4 Å². The highest BCUT2D eigenvalue weighted by Crippen LogP contribution is 2.22. The van der Waals surface area contributed by atoms with Crippen molar-refractivity contribution in [3.8, 4) is 0 Å². The molecule has 2 amide bonds. The highest BCUT2D eigenvalue weighted by molar-refractivity contribution is 7.99. The van der Waals surface area contributed by atoms with Gasteiger partial charge in [0.15, 0.2) is 0 Å². The van der Waals surface area contributed by atoms with Crippen molar-refractivity contribution in [2.45, 2.75) is 38.6 Å². The fourth-order valence-electron chi connectivity index (χ4n) is 3.70. The second kappa shape index (κ2) is 14.0. The molecule has 35 heavy (non-hydrogen) atoms. The molecule has 0 spiro atoms. The minimum Gasteiger partial charge on any atom is -0.354 e. The predicted octanol–water partition coefficient (Wildman–Crippen LogP) is 5.99. The van der Waals surface area contributed by atoms with E-state index < -0.39 is 6.04 Å². The first-order chi connectivity index (χ1) is 16.9. The molecule has 1 N–H and O–H groups in total. The van der Waals surface area contributed by atoms with Gasteiger partial charge < -0.3 is 10.2 Å². The molecule has 0 saturated heterocycles. The van der Waals surface area contributed by atoms with E-state index in [0.29, 0.717) is 23.9 Å². The summed E-state index contributed by atoms with van der Waals surface area (Å²) in [6, 6.07) is 26.8. The van der Waals surface area contributed by atoms with E-state index in [2.05, 4.69) is 31.3 Å². The molecule has 4 nitrogen and oxygen atoms in total. The van der Waals surface area contributed by atoms with E-state index in [1.807, 2.05) is 72.8 Å². The number of rotatable bonds is 12. The largest absolute Gasteiger partial charge is 0.354 e. The molecule has 0 fully saturated rings. The van der Waals surface area contributed by atoms with Gasteiger partial charge in [0.2, 0.25) is 11.8 Å². The van der Waals surface area contributed by atoms with Gasteiger partial charge in [0.25, 0.3) is 0 Å². The molecular weight excluding hydrogens is 476 g/mol. The van der Waals surface area contributed by atoms with Crippen LogP contribution in [0.1, 0.15) is 30.5 Å². The smallest absolute Gasteiger partial charge is 0.243 e. The third-order valence-corrected chi connectivity index (χ3v) is 6.95. The summed E-state index contributed by atoms with van der Waals surface area (Å²) in [6.07, 6.45) is 0.435. The van der Waals surface area contributed by atoms with E-state index in [-0.39, 0.29) is 24.1 Å². The van der Waals surface area contributed by atoms with Crippen LogP contribution in [0.5, 0.6) is 0 Å². The van der Waals surface area contributed by atoms with Gasteiger partial charge in [0.05, 0.1) is 5.75 Å². The molecule has 6 heteroatoms. The molecule has 3 aromatic carbocycles. The van der Waals surface area contributed by atoms with Crippen molar-refractivity contribution < 1.29 is 9.59 Å². The third-order valence-electron chi connectivity index (χ3n) is 5.59. The van der Waals surface area contributed by atoms with Gasteiger partial charge >= 0.3 is 0 Å². The zero-order valence-corrected chi connectivity index (χ0v) is 21.9. The van der Waals surface area contributed by atoms with Crippen molar-refractivity contribution in [3.63, 3.8) is 0 Å². The molecule has 0 unspecified atom stereocenters. The Morgan fingerprint density at radius 3 is 2.11 bits per heavy atom. The summed E-state index contributed by atoms with van der Waals surface area (Å²) in [4.78, 5) is 28.7. The monoisotopic (exact) mass is 508 g/mol. The van der Waals surface area contributed by atoms with Gasteiger partial charge in [-0.05, 0) is 28.7 Å². The molecule has 0 aliphatic heterocycles. The number of thioether (sulfide) groups is 1. The van der Waals surface area contributed by atoms with Gasteiger partial charge in [0, 0.05) is 30.3 Å². The second-order valence-corrected chi connectivity index (χ2v) is 10.3. The van der Waals surface area contributed by atoms with Crippen LogP contribution in [-0.2, 0) is 28.3 Å². The summed E-state index contributed by atoms with van der Waals surface area (Å²) in [5.74, 6) is 1.10. The Hall–Kier alpha value is -2.76. The van der Waals surface area contributed by atoms with Crippen LogP contribution in [0.3, 0.4) is 0 Å². The molecule has 0 aromatic heterocycles. The van der Waals surface area contributed by atoms with Crippen LogP contribution in [0.15, 0.2) is 84.9 Å². The van der Waals surface area contributed by atoms with Crippen molar-refractivity contribution in [1.29, 1.82) is 0 Å². The zero-order chi connectivity index (χ0) is 25.0. The summed E-state index contributed by atoms with van der Waals surface area (Å²) in [5, 5.41) is 3.63. The van der Waals surface area contributed by atoms with Crippen LogP contribution >= 0.6 is 23.4 Å². The van der Waals surface area contributed by atoms with Crippen LogP contribution in [0.4, 0.5) is 0 Å². The lowest BCUT2D eigenvalue weighted by molar-refractivity contribution is -0.139. The minimum atomic E-state index is -0.641. The number of carbonyl (C=O) groups is 2. The molecule has 1 atom stereocenters. The molecule has 0 radical (unpaired) electrons. The van der Waals surface area contributed by atoms with Crippen LogP contribution in [0.25, 0.3) is 0 Å². The summed E-state index contributed by atoms with van der Waals surface area (Å²) in [5.41, 5.74) is 3.00. The standard InChI is InChI=1S/C29H33ClN2O2S/c1-22(2)18-31-29(34)27(17-23-11-5-3-6-12-23)32(19-25-15-9-10-16-26(25)30)28(33)21-35-20-24-13-7-4-8-14-24/h3-16,22,27H,17-21H2,1-2H3,(H,31,34)/t27-/m1/s1. The van der Waals surface area contributed by atoms with Crippen molar-refractivity contribution in [3.05, 3.63) is 107 Å². The normalized spacial score (nSPS) is 11.8. The van der Waals surface area contributed by atoms with Gasteiger partial charge in [-0.1, -0.05) is 104 Å². The predicted molar refractivity (Wildman–Crippen MR) is 146 cm³/mol. The molecule has 3 aromatic rings. The van der Waals surface area contributed by atoms with Crippen LogP contribution < -0.4 is 5.32 Å². The Morgan fingerprint density at radius 1 is 0.886 bits per heavy atom. The van der Waals surface area contributed by atoms with Crippen molar-refractivity contribution >= 4 is 35.2 Å². The van der Waals surface area contributed by atoms with Crippen molar-refractivity contribution in [2.75, 3.05) is 12.3 Å². The number of halogens is 1. The highest BCUT2D eigenvalue weighted by atomic mass is 35.5. The number of hydrogen-bond acceptors (Lipinski definition) is 3. The number of amides is 2. The summed E-state index contributed by atoms with van der Waals surface area (Å²) < 4.78 is 0. The van der Waals surface area contributed by atoms with Crippen LogP contribution in [0, 0.1) is 5.92 Å². The van der Waals surface area contributed by atoms with Gasteiger partial charge in [-0.15, -0.1) is 11.8 Å². The van der Waals surface area contributed by atoms with E-state index >= 15 is 0 Å². The first-order valence-electron chi connectivity index (χ1n) is 11.9. The van der Waals surface area contributed by atoms with Crippen molar-refractivity contribution in [1.82, 2.24) is 10.2 Å². The van der Waals surface area contributed by atoms with E-state index in [1.54, 1.807) is 16.7 Å². The maximum absolute atomic E-state index is 13.6. The van der Waals surface area contributed by atoms with E-state index in [9.17, 15) is 9.59 Å². The fourth-order valence-corrected chi connectivity index (χ4v) is 4.77. The number of nitrogens with zero attached hydrogens (tertiary/aromatic N) is 1. The summed E-state index contributed by atoms with van der Waals surface area (Å²) in [7, 11) is 0.